The molecule has 0 spiro atoms. The van der Waals surface area contributed by atoms with Crippen molar-refractivity contribution < 1.29 is 24.0 Å². The summed E-state index contributed by atoms with van der Waals surface area (Å²) in [4.78, 5) is 35.5. The van der Waals surface area contributed by atoms with E-state index in [4.69, 9.17) is 14.4 Å². The maximum Gasteiger partial charge on any atom is 0.233 e. The molecule has 0 saturated heterocycles. The third-order valence-corrected chi connectivity index (χ3v) is 7.66. The summed E-state index contributed by atoms with van der Waals surface area (Å²) in [6.45, 7) is 17.4. The van der Waals surface area contributed by atoms with Gasteiger partial charge in [0.1, 0.15) is 0 Å². The van der Waals surface area contributed by atoms with Gasteiger partial charge in [0, 0.05) is 23.9 Å². The third kappa shape index (κ3) is 16.5. The Hall–Kier alpha value is -0.220. The standard InChI is InChI=1S/C28H54Br2N2O5/c1-9-13-25(31(21-33)36-27(3,4)5)23(19-29)15-11-17-35-18-12-16-24(20-30)26(14-10-2)32(22-34)37-28(6,7)8/h21-26H,9-20H2,1-8H3. The van der Waals surface area contributed by atoms with Gasteiger partial charge in [-0.05, 0) is 91.9 Å². The molecule has 220 valence electrons. The van der Waals surface area contributed by atoms with Crippen LogP contribution >= 0.6 is 31.9 Å². The Kier molecular flexibility index (Phi) is 19.7. The molecule has 0 aliphatic rings. The van der Waals surface area contributed by atoms with Gasteiger partial charge >= 0.3 is 0 Å². The second-order valence-electron chi connectivity index (χ2n) is 11.8. The van der Waals surface area contributed by atoms with E-state index in [0.29, 0.717) is 25.0 Å². The number of hydrogen-bond acceptors (Lipinski definition) is 5. The van der Waals surface area contributed by atoms with Gasteiger partial charge < -0.3 is 4.74 Å². The Bertz CT molecular complexity index is 548. The van der Waals surface area contributed by atoms with Crippen LogP contribution in [-0.4, -0.2) is 70.1 Å². The number of hydrogen-bond donors (Lipinski definition) is 0. The van der Waals surface area contributed by atoms with E-state index in [1.807, 2.05) is 41.5 Å². The van der Waals surface area contributed by atoms with Crippen molar-refractivity contribution in [2.24, 2.45) is 11.8 Å². The van der Waals surface area contributed by atoms with E-state index in [0.717, 1.165) is 74.8 Å². The molecule has 0 aromatic carbocycles. The predicted octanol–water partition coefficient (Wildman–Crippen LogP) is 7.30. The quantitative estimate of drug-likeness (QED) is 0.0529. The Balaban J connectivity index is 4.74. The van der Waals surface area contributed by atoms with Gasteiger partial charge in [-0.1, -0.05) is 58.5 Å². The summed E-state index contributed by atoms with van der Waals surface area (Å²) in [6, 6.07) is 0.0692. The first-order valence-corrected chi connectivity index (χ1v) is 16.2. The van der Waals surface area contributed by atoms with Crippen LogP contribution in [0.15, 0.2) is 0 Å². The minimum Gasteiger partial charge on any atom is -0.381 e. The molecule has 9 heteroatoms. The summed E-state index contributed by atoms with van der Waals surface area (Å²) in [7, 11) is 0. The zero-order valence-electron chi connectivity index (χ0n) is 24.6. The smallest absolute Gasteiger partial charge is 0.233 e. The van der Waals surface area contributed by atoms with Crippen LogP contribution in [0.4, 0.5) is 0 Å². The number of carbonyl (C=O) groups excluding carboxylic acids is 2. The Morgan fingerprint density at radius 2 is 1.03 bits per heavy atom. The van der Waals surface area contributed by atoms with Crippen molar-refractivity contribution in [2.45, 2.75) is 130 Å². The van der Waals surface area contributed by atoms with Crippen molar-refractivity contribution in [1.82, 2.24) is 10.1 Å². The highest BCUT2D eigenvalue weighted by Crippen LogP contribution is 2.27. The zero-order chi connectivity index (χ0) is 28.5. The first-order chi connectivity index (χ1) is 17.4. The number of amides is 2. The van der Waals surface area contributed by atoms with E-state index >= 15 is 0 Å². The number of ether oxygens (including phenoxy) is 1. The highest BCUT2D eigenvalue weighted by Gasteiger charge is 2.30. The van der Waals surface area contributed by atoms with Crippen LogP contribution in [0.3, 0.4) is 0 Å². The second kappa shape index (κ2) is 19.8. The monoisotopic (exact) mass is 656 g/mol. The van der Waals surface area contributed by atoms with Gasteiger partial charge in [-0.3, -0.25) is 19.3 Å². The summed E-state index contributed by atoms with van der Waals surface area (Å²) < 4.78 is 5.98. The van der Waals surface area contributed by atoms with E-state index in [1.54, 1.807) is 0 Å². The lowest BCUT2D eigenvalue weighted by atomic mass is 9.93. The van der Waals surface area contributed by atoms with Crippen molar-refractivity contribution in [3.63, 3.8) is 0 Å². The van der Waals surface area contributed by atoms with E-state index in [9.17, 15) is 9.59 Å². The highest BCUT2D eigenvalue weighted by molar-refractivity contribution is 9.09. The Morgan fingerprint density at radius 1 is 0.676 bits per heavy atom. The summed E-state index contributed by atoms with van der Waals surface area (Å²) in [5.74, 6) is 0.585. The van der Waals surface area contributed by atoms with E-state index in [2.05, 4.69) is 45.7 Å². The number of hydroxylamine groups is 4. The van der Waals surface area contributed by atoms with Crippen molar-refractivity contribution in [2.75, 3.05) is 23.9 Å². The van der Waals surface area contributed by atoms with Gasteiger partial charge in [0.05, 0.1) is 23.3 Å². The van der Waals surface area contributed by atoms with Crippen LogP contribution in [0.2, 0.25) is 0 Å². The summed E-state index contributed by atoms with van der Waals surface area (Å²) in [6.07, 6.45) is 9.17. The Labute approximate surface area is 243 Å². The first-order valence-electron chi connectivity index (χ1n) is 13.9. The van der Waals surface area contributed by atoms with E-state index in [1.165, 1.54) is 10.1 Å². The average molecular weight is 659 g/mol. The maximum absolute atomic E-state index is 11.8. The minimum atomic E-state index is -0.419. The molecule has 0 aliphatic carbocycles. The zero-order valence-corrected chi connectivity index (χ0v) is 27.8. The van der Waals surface area contributed by atoms with E-state index in [-0.39, 0.29) is 12.1 Å². The van der Waals surface area contributed by atoms with Crippen molar-refractivity contribution in [1.29, 1.82) is 0 Å². The number of halogens is 2. The van der Waals surface area contributed by atoms with Crippen molar-refractivity contribution >= 4 is 44.7 Å². The molecule has 0 aliphatic heterocycles. The summed E-state index contributed by atoms with van der Waals surface area (Å²) in [5.41, 5.74) is -0.838. The van der Waals surface area contributed by atoms with Crippen LogP contribution in [0, 0.1) is 11.8 Å². The molecule has 0 rings (SSSR count). The molecule has 0 heterocycles. The molecule has 7 nitrogen and oxygen atoms in total. The molecule has 4 unspecified atom stereocenters. The number of nitrogens with zero attached hydrogens (tertiary/aromatic N) is 2. The molecular weight excluding hydrogens is 604 g/mol. The molecule has 0 radical (unpaired) electrons. The molecular formula is C28H54Br2N2O5. The molecule has 37 heavy (non-hydrogen) atoms. The summed E-state index contributed by atoms with van der Waals surface area (Å²) >= 11 is 7.32. The SMILES string of the molecule is CCCC(C(CBr)CCCOCCCC(CBr)C(CCC)N(C=O)OC(C)(C)C)N(C=O)OC(C)(C)C. The number of rotatable bonds is 22. The molecule has 0 aromatic heterocycles. The predicted molar refractivity (Wildman–Crippen MR) is 159 cm³/mol. The van der Waals surface area contributed by atoms with Gasteiger partial charge in [-0.2, -0.15) is 0 Å². The second-order valence-corrected chi connectivity index (χ2v) is 13.1. The first kappa shape index (κ1) is 36.8. The minimum absolute atomic E-state index is 0.0346. The molecule has 0 aromatic rings. The number of alkyl halides is 2. The van der Waals surface area contributed by atoms with Crippen LogP contribution in [0.1, 0.15) is 107 Å². The fourth-order valence-electron chi connectivity index (χ4n) is 4.44. The topological polar surface area (TPSA) is 68.3 Å². The van der Waals surface area contributed by atoms with Crippen molar-refractivity contribution in [3.05, 3.63) is 0 Å². The molecule has 2 amide bonds. The van der Waals surface area contributed by atoms with Gasteiger partial charge in [0.25, 0.3) is 0 Å². The number of carbonyl (C=O) groups is 2. The molecule has 4 atom stereocenters. The van der Waals surface area contributed by atoms with Crippen LogP contribution in [-0.2, 0) is 24.0 Å². The van der Waals surface area contributed by atoms with Crippen LogP contribution in [0.25, 0.3) is 0 Å². The molecule has 0 bridgehead atoms. The molecule has 0 saturated carbocycles. The fraction of sp³-hybridized carbons (Fsp3) is 0.929. The normalized spacial score (nSPS) is 15.6. The van der Waals surface area contributed by atoms with E-state index < -0.39 is 11.2 Å². The van der Waals surface area contributed by atoms with Gasteiger partial charge in [0.15, 0.2) is 0 Å². The van der Waals surface area contributed by atoms with Crippen molar-refractivity contribution in [3.8, 4) is 0 Å². The lowest BCUT2D eigenvalue weighted by Gasteiger charge is -2.37. The molecule has 0 fully saturated rings. The largest absolute Gasteiger partial charge is 0.381 e. The van der Waals surface area contributed by atoms with Gasteiger partial charge in [0.2, 0.25) is 12.8 Å². The summed E-state index contributed by atoms with van der Waals surface area (Å²) in [5, 5.41) is 4.67. The third-order valence-electron chi connectivity index (χ3n) is 6.00. The highest BCUT2D eigenvalue weighted by atomic mass is 79.9. The van der Waals surface area contributed by atoms with Crippen LogP contribution in [0.5, 0.6) is 0 Å². The lowest BCUT2D eigenvalue weighted by Crippen LogP contribution is -2.44. The maximum atomic E-state index is 11.8. The average Bonchev–Trinajstić information content (AvgIpc) is 2.82. The Morgan fingerprint density at radius 3 is 1.27 bits per heavy atom. The fourth-order valence-corrected chi connectivity index (χ4v) is 5.95. The lowest BCUT2D eigenvalue weighted by molar-refractivity contribution is -0.239. The van der Waals surface area contributed by atoms with Gasteiger partial charge in [-0.25, -0.2) is 10.1 Å². The molecule has 0 N–H and O–H groups in total. The van der Waals surface area contributed by atoms with Gasteiger partial charge in [-0.15, -0.1) is 0 Å². The van der Waals surface area contributed by atoms with Crippen LogP contribution < -0.4 is 0 Å².